The second-order valence-electron chi connectivity index (χ2n) is 3.19. The van der Waals surface area contributed by atoms with Crippen LogP contribution in [0, 0.1) is 0 Å². The lowest BCUT2D eigenvalue weighted by molar-refractivity contribution is 1.17. The van der Waals surface area contributed by atoms with Crippen molar-refractivity contribution in [1.82, 2.24) is 4.98 Å². The Bertz CT molecular complexity index is 499. The molecule has 0 amide bonds. The molecule has 0 saturated heterocycles. The third-order valence-electron chi connectivity index (χ3n) is 2.07. The molecule has 4 heteroatoms. The second-order valence-corrected chi connectivity index (χ2v) is 4.51. The van der Waals surface area contributed by atoms with Crippen LogP contribution in [0.4, 0.5) is 5.82 Å². The molecule has 1 aromatic heterocycles. The maximum absolute atomic E-state index is 6.11. The Balaban J connectivity index is 2.60. The number of anilines is 1. The summed E-state index contributed by atoms with van der Waals surface area (Å²) in [6.07, 6.45) is 0. The first-order valence-electron chi connectivity index (χ1n) is 4.70. The number of pyridine rings is 1. The summed E-state index contributed by atoms with van der Waals surface area (Å²) in [7, 11) is 0. The molecule has 2 aromatic rings. The van der Waals surface area contributed by atoms with Crippen LogP contribution in [0.5, 0.6) is 0 Å². The van der Waals surface area contributed by atoms with Gasteiger partial charge in [0.15, 0.2) is 0 Å². The first-order valence-corrected chi connectivity index (χ1v) is 5.87. The van der Waals surface area contributed by atoms with Gasteiger partial charge in [0, 0.05) is 16.4 Å². The van der Waals surface area contributed by atoms with Gasteiger partial charge in [-0.15, -0.1) is 0 Å². The predicted octanol–water partition coefficient (Wildman–Crippen LogP) is 4.08. The summed E-state index contributed by atoms with van der Waals surface area (Å²) in [5.74, 6) is 0.856. The van der Waals surface area contributed by atoms with Gasteiger partial charge in [0.05, 0.1) is 10.5 Å². The summed E-state index contributed by atoms with van der Waals surface area (Å²) in [6.45, 7) is 2.89. The minimum Gasteiger partial charge on any atom is -0.370 e. The lowest BCUT2D eigenvalue weighted by atomic mass is 10.2. The Kier molecular flexibility index (Phi) is 3.12. The maximum atomic E-state index is 6.11. The van der Waals surface area contributed by atoms with E-state index in [2.05, 4.69) is 26.2 Å². The van der Waals surface area contributed by atoms with E-state index in [1.54, 1.807) is 0 Å². The van der Waals surface area contributed by atoms with Crippen LogP contribution in [0.2, 0.25) is 5.02 Å². The number of aromatic nitrogens is 1. The molecule has 1 N–H and O–H groups in total. The molecule has 0 aliphatic heterocycles. The molecule has 0 radical (unpaired) electrons. The number of rotatable bonds is 2. The number of hydrogen-bond donors (Lipinski definition) is 1. The quantitative estimate of drug-likeness (QED) is 0.899. The van der Waals surface area contributed by atoms with Gasteiger partial charge in [-0.3, -0.25) is 0 Å². The molecular weight excluding hydrogens is 275 g/mol. The average molecular weight is 286 g/mol. The zero-order valence-corrected chi connectivity index (χ0v) is 10.6. The van der Waals surface area contributed by atoms with E-state index in [1.807, 2.05) is 31.2 Å². The maximum Gasteiger partial charge on any atom is 0.126 e. The van der Waals surface area contributed by atoms with Crippen LogP contribution >= 0.6 is 27.5 Å². The molecular formula is C11H10BrClN2. The lowest BCUT2D eigenvalue weighted by Gasteiger charge is -2.05. The summed E-state index contributed by atoms with van der Waals surface area (Å²) < 4.78 is 0.970. The van der Waals surface area contributed by atoms with Crippen LogP contribution < -0.4 is 5.32 Å². The number of hydrogen-bond acceptors (Lipinski definition) is 2. The summed E-state index contributed by atoms with van der Waals surface area (Å²) in [5.41, 5.74) is 0.832. The van der Waals surface area contributed by atoms with Crippen molar-refractivity contribution >= 4 is 44.3 Å². The minimum absolute atomic E-state index is 0.666. The Morgan fingerprint density at radius 3 is 2.93 bits per heavy atom. The summed E-state index contributed by atoms with van der Waals surface area (Å²) in [6, 6.07) is 7.82. The molecule has 0 aliphatic rings. The highest BCUT2D eigenvalue weighted by molar-refractivity contribution is 9.10. The van der Waals surface area contributed by atoms with E-state index in [9.17, 15) is 0 Å². The second kappa shape index (κ2) is 4.37. The van der Waals surface area contributed by atoms with Crippen LogP contribution in [0.3, 0.4) is 0 Å². The van der Waals surface area contributed by atoms with Crippen molar-refractivity contribution in [3.8, 4) is 0 Å². The van der Waals surface area contributed by atoms with Gasteiger partial charge in [-0.05, 0) is 31.2 Å². The molecule has 0 spiro atoms. The van der Waals surface area contributed by atoms with E-state index in [0.29, 0.717) is 5.02 Å². The van der Waals surface area contributed by atoms with Gasteiger partial charge in [0.25, 0.3) is 0 Å². The van der Waals surface area contributed by atoms with Gasteiger partial charge >= 0.3 is 0 Å². The number of benzene rings is 1. The van der Waals surface area contributed by atoms with Crippen LogP contribution in [0.1, 0.15) is 6.92 Å². The fraction of sp³-hybridized carbons (Fsp3) is 0.182. The molecule has 15 heavy (non-hydrogen) atoms. The van der Waals surface area contributed by atoms with Gasteiger partial charge in [0.1, 0.15) is 5.82 Å². The largest absolute Gasteiger partial charge is 0.370 e. The van der Waals surface area contributed by atoms with Crippen LogP contribution in [-0.4, -0.2) is 11.5 Å². The van der Waals surface area contributed by atoms with Crippen molar-refractivity contribution in [2.75, 3.05) is 11.9 Å². The smallest absolute Gasteiger partial charge is 0.126 e. The van der Waals surface area contributed by atoms with Crippen LogP contribution in [0.15, 0.2) is 28.7 Å². The van der Waals surface area contributed by atoms with E-state index in [-0.39, 0.29) is 0 Å². The molecule has 1 heterocycles. The fourth-order valence-corrected chi connectivity index (χ4v) is 2.31. The molecule has 2 nitrogen and oxygen atoms in total. The first-order chi connectivity index (χ1) is 7.20. The fourth-order valence-electron chi connectivity index (χ4n) is 1.44. The Labute approximate surface area is 102 Å². The standard InChI is InChI=1S/C11H10BrClN2/c1-2-14-10-4-3-7-5-8(12)6-9(13)11(7)15-10/h3-6H,2H2,1H3,(H,14,15). The lowest BCUT2D eigenvalue weighted by Crippen LogP contribution is -1.98. The van der Waals surface area contributed by atoms with Crippen LogP contribution in [0.25, 0.3) is 10.9 Å². The van der Waals surface area contributed by atoms with E-state index >= 15 is 0 Å². The monoisotopic (exact) mass is 284 g/mol. The first kappa shape index (κ1) is 10.7. The van der Waals surface area contributed by atoms with E-state index in [0.717, 1.165) is 27.7 Å². The highest BCUT2D eigenvalue weighted by atomic mass is 79.9. The van der Waals surface area contributed by atoms with Crippen molar-refractivity contribution < 1.29 is 0 Å². The highest BCUT2D eigenvalue weighted by Crippen LogP contribution is 2.27. The summed E-state index contributed by atoms with van der Waals surface area (Å²) in [4.78, 5) is 4.44. The van der Waals surface area contributed by atoms with Crippen molar-refractivity contribution in [1.29, 1.82) is 0 Å². The summed E-state index contributed by atoms with van der Waals surface area (Å²) >= 11 is 9.52. The van der Waals surface area contributed by atoms with E-state index in [1.165, 1.54) is 0 Å². The van der Waals surface area contributed by atoms with Crippen molar-refractivity contribution in [2.24, 2.45) is 0 Å². The minimum atomic E-state index is 0.666. The normalized spacial score (nSPS) is 10.6. The van der Waals surface area contributed by atoms with Gasteiger partial charge in [-0.2, -0.15) is 0 Å². The topological polar surface area (TPSA) is 24.9 Å². The number of nitrogens with one attached hydrogen (secondary N) is 1. The third-order valence-corrected chi connectivity index (χ3v) is 2.81. The van der Waals surface area contributed by atoms with E-state index < -0.39 is 0 Å². The van der Waals surface area contributed by atoms with Crippen molar-refractivity contribution in [2.45, 2.75) is 6.92 Å². The summed E-state index contributed by atoms with van der Waals surface area (Å²) in [5, 5.41) is 4.86. The Hall–Kier alpha value is -0.800. The van der Waals surface area contributed by atoms with Gasteiger partial charge in [-0.1, -0.05) is 27.5 Å². The zero-order chi connectivity index (χ0) is 10.8. The number of fused-ring (bicyclic) bond motifs is 1. The Morgan fingerprint density at radius 1 is 1.40 bits per heavy atom. The molecule has 78 valence electrons. The molecule has 1 aromatic carbocycles. The van der Waals surface area contributed by atoms with E-state index in [4.69, 9.17) is 11.6 Å². The molecule has 0 unspecified atom stereocenters. The molecule has 0 bridgehead atoms. The molecule has 0 atom stereocenters. The Morgan fingerprint density at radius 2 is 2.20 bits per heavy atom. The highest BCUT2D eigenvalue weighted by Gasteiger charge is 2.03. The number of halogens is 2. The molecule has 0 saturated carbocycles. The predicted molar refractivity (Wildman–Crippen MR) is 68.6 cm³/mol. The molecule has 2 rings (SSSR count). The van der Waals surface area contributed by atoms with Crippen LogP contribution in [-0.2, 0) is 0 Å². The SMILES string of the molecule is CCNc1ccc2cc(Br)cc(Cl)c2n1. The van der Waals surface area contributed by atoms with Gasteiger partial charge in [0.2, 0.25) is 0 Å². The molecule has 0 fully saturated rings. The zero-order valence-electron chi connectivity index (χ0n) is 8.22. The third kappa shape index (κ3) is 2.24. The van der Waals surface area contributed by atoms with Crippen molar-refractivity contribution in [3.63, 3.8) is 0 Å². The van der Waals surface area contributed by atoms with Crippen molar-refractivity contribution in [3.05, 3.63) is 33.8 Å². The van der Waals surface area contributed by atoms with Gasteiger partial charge < -0.3 is 5.32 Å². The number of nitrogens with zero attached hydrogens (tertiary/aromatic N) is 1. The molecule has 0 aliphatic carbocycles. The average Bonchev–Trinajstić information content (AvgIpc) is 2.19. The van der Waals surface area contributed by atoms with Gasteiger partial charge in [-0.25, -0.2) is 4.98 Å².